The van der Waals surface area contributed by atoms with Crippen LogP contribution in [0.1, 0.15) is 40.5 Å². The van der Waals surface area contributed by atoms with Gasteiger partial charge in [0, 0.05) is 18.4 Å². The molecule has 4 heterocycles. The Kier molecular flexibility index (Phi) is 3.28. The smallest absolute Gasteiger partial charge is 0.253 e. The van der Waals surface area contributed by atoms with E-state index in [1.807, 2.05) is 36.0 Å². The number of fused-ring (bicyclic) bond motifs is 2. The molecule has 0 unspecified atom stereocenters. The van der Waals surface area contributed by atoms with E-state index in [0.717, 1.165) is 28.1 Å². The molecule has 0 spiro atoms. The van der Waals surface area contributed by atoms with E-state index in [1.165, 1.54) is 12.8 Å². The summed E-state index contributed by atoms with van der Waals surface area (Å²) in [6, 6.07) is 6.32. The van der Waals surface area contributed by atoms with Crippen molar-refractivity contribution >= 4 is 22.7 Å². The van der Waals surface area contributed by atoms with E-state index < -0.39 is 0 Å². The third kappa shape index (κ3) is 2.44. The maximum absolute atomic E-state index is 12.5. The number of aryl methyl sites for hydroxylation is 1. The highest BCUT2D eigenvalue weighted by atomic mass is 16.1. The van der Waals surface area contributed by atoms with Crippen LogP contribution in [0, 0.1) is 6.92 Å². The van der Waals surface area contributed by atoms with Gasteiger partial charge in [0.05, 0.1) is 30.3 Å². The third-order valence-corrected chi connectivity index (χ3v) is 4.85. The molecule has 0 atom stereocenters. The van der Waals surface area contributed by atoms with Gasteiger partial charge in [0.25, 0.3) is 5.91 Å². The minimum atomic E-state index is -0.164. The Morgan fingerprint density at radius 3 is 2.92 bits per heavy atom. The highest BCUT2D eigenvalue weighted by molar-refractivity contribution is 5.96. The number of hydrogen-bond donors (Lipinski definition) is 1. The predicted molar refractivity (Wildman–Crippen MR) is 96.9 cm³/mol. The van der Waals surface area contributed by atoms with Gasteiger partial charge in [-0.1, -0.05) is 6.07 Å². The number of amides is 1. The molecule has 0 aromatic carbocycles. The molecule has 4 aromatic rings. The number of nitrogens with one attached hydrogen (secondary N) is 1. The molecule has 4 aromatic heterocycles. The molecule has 1 amide bonds. The minimum absolute atomic E-state index is 0.164. The van der Waals surface area contributed by atoms with Gasteiger partial charge >= 0.3 is 0 Å². The van der Waals surface area contributed by atoms with E-state index in [4.69, 9.17) is 0 Å². The molecule has 1 N–H and O–H groups in total. The highest BCUT2D eigenvalue weighted by Crippen LogP contribution is 2.36. The summed E-state index contributed by atoms with van der Waals surface area (Å²) in [5.41, 5.74) is 5.07. The monoisotopic (exact) mass is 346 g/mol. The Morgan fingerprint density at radius 1 is 1.23 bits per heavy atom. The van der Waals surface area contributed by atoms with Crippen molar-refractivity contribution in [3.05, 3.63) is 59.9 Å². The van der Waals surface area contributed by atoms with Crippen molar-refractivity contribution in [2.75, 3.05) is 0 Å². The van der Waals surface area contributed by atoms with Gasteiger partial charge in [-0.15, -0.1) is 0 Å². The average molecular weight is 346 g/mol. The summed E-state index contributed by atoms with van der Waals surface area (Å²) in [6.45, 7) is 2.42. The quantitative estimate of drug-likeness (QED) is 0.616. The van der Waals surface area contributed by atoms with Crippen LogP contribution in [0.4, 0.5) is 0 Å². The van der Waals surface area contributed by atoms with Gasteiger partial charge in [-0.3, -0.25) is 4.79 Å². The van der Waals surface area contributed by atoms with Crippen LogP contribution < -0.4 is 5.32 Å². The Balaban J connectivity index is 1.36. The minimum Gasteiger partial charge on any atom is -0.346 e. The van der Waals surface area contributed by atoms with Crippen molar-refractivity contribution in [2.45, 2.75) is 32.4 Å². The summed E-state index contributed by atoms with van der Waals surface area (Å²) in [6.07, 6.45) is 9.53. The molecule has 1 aliphatic rings. The maximum Gasteiger partial charge on any atom is 0.253 e. The average Bonchev–Trinajstić information content (AvgIpc) is 3.27. The molecule has 1 saturated carbocycles. The molecule has 1 aliphatic carbocycles. The van der Waals surface area contributed by atoms with Crippen LogP contribution in [0.3, 0.4) is 0 Å². The lowest BCUT2D eigenvalue weighted by Gasteiger charge is -2.06. The molecule has 1 fully saturated rings. The van der Waals surface area contributed by atoms with Gasteiger partial charge < -0.3 is 14.3 Å². The molecule has 7 heteroatoms. The summed E-state index contributed by atoms with van der Waals surface area (Å²) >= 11 is 0. The lowest BCUT2D eigenvalue weighted by atomic mass is 10.2. The first-order valence-corrected chi connectivity index (χ1v) is 8.73. The van der Waals surface area contributed by atoms with E-state index in [1.54, 1.807) is 18.5 Å². The van der Waals surface area contributed by atoms with Crippen LogP contribution in [-0.4, -0.2) is 29.8 Å². The molecular weight excluding hydrogens is 328 g/mol. The van der Waals surface area contributed by atoms with Crippen LogP contribution in [0.5, 0.6) is 0 Å². The fourth-order valence-corrected chi connectivity index (χ4v) is 3.27. The number of pyridine rings is 2. The van der Waals surface area contributed by atoms with Gasteiger partial charge in [-0.05, 0) is 37.5 Å². The third-order valence-electron chi connectivity index (χ3n) is 4.85. The molecule has 0 radical (unpaired) electrons. The predicted octanol–water partition coefficient (Wildman–Crippen LogP) is 2.65. The summed E-state index contributed by atoms with van der Waals surface area (Å²) < 4.78 is 4.09. The first-order chi connectivity index (χ1) is 12.7. The van der Waals surface area contributed by atoms with Crippen LogP contribution in [0.2, 0.25) is 0 Å². The van der Waals surface area contributed by atoms with Crippen molar-refractivity contribution in [3.8, 4) is 0 Å². The van der Waals surface area contributed by atoms with Gasteiger partial charge in [0.15, 0.2) is 5.65 Å². The maximum atomic E-state index is 12.5. The molecule has 0 aliphatic heterocycles. The zero-order valence-electron chi connectivity index (χ0n) is 14.4. The van der Waals surface area contributed by atoms with Gasteiger partial charge in [-0.25, -0.2) is 15.0 Å². The normalized spacial score (nSPS) is 14.2. The van der Waals surface area contributed by atoms with Crippen LogP contribution in [0.15, 0.2) is 43.1 Å². The summed E-state index contributed by atoms with van der Waals surface area (Å²) in [5.74, 6) is -0.164. The Hall–Kier alpha value is -3.22. The topological polar surface area (TPSA) is 77.1 Å². The molecule has 5 rings (SSSR count). The van der Waals surface area contributed by atoms with Gasteiger partial charge in [0.2, 0.25) is 0 Å². The van der Waals surface area contributed by atoms with Gasteiger partial charge in [-0.2, -0.15) is 0 Å². The second-order valence-corrected chi connectivity index (χ2v) is 6.77. The first-order valence-electron chi connectivity index (χ1n) is 8.73. The van der Waals surface area contributed by atoms with E-state index in [2.05, 4.69) is 24.8 Å². The number of hydrogen-bond acceptors (Lipinski definition) is 4. The summed E-state index contributed by atoms with van der Waals surface area (Å²) in [5, 5.41) is 2.95. The number of carbonyl (C=O) groups excluding carboxylic acids is 1. The Morgan fingerprint density at radius 2 is 2.08 bits per heavy atom. The molecule has 0 saturated heterocycles. The molecular formula is C19H18N6O. The largest absolute Gasteiger partial charge is 0.346 e. The van der Waals surface area contributed by atoms with Crippen molar-refractivity contribution < 1.29 is 4.79 Å². The molecule has 130 valence electrons. The number of nitrogens with zero attached hydrogens (tertiary/aromatic N) is 5. The first kappa shape index (κ1) is 15.1. The van der Waals surface area contributed by atoms with E-state index in [0.29, 0.717) is 18.2 Å². The lowest BCUT2D eigenvalue weighted by Crippen LogP contribution is -2.23. The van der Waals surface area contributed by atoms with E-state index in [9.17, 15) is 4.79 Å². The fourth-order valence-electron chi connectivity index (χ4n) is 3.27. The van der Waals surface area contributed by atoms with Crippen LogP contribution >= 0.6 is 0 Å². The fraction of sp³-hybridized carbons (Fsp3) is 0.263. The van der Waals surface area contributed by atoms with Crippen LogP contribution in [0.25, 0.3) is 16.8 Å². The standard InChI is InChI=1S/C19H18N6O/c1-12-3-2-6-24-15(9-21-17(12)24)10-22-19(26)13-7-16-18(20-8-13)25(11-23-16)14-4-5-14/h2-3,6-9,11,14H,4-5,10H2,1H3,(H,22,26). The number of aromatic nitrogens is 5. The zero-order chi connectivity index (χ0) is 17.7. The summed E-state index contributed by atoms with van der Waals surface area (Å²) in [7, 11) is 0. The highest BCUT2D eigenvalue weighted by Gasteiger charge is 2.25. The molecule has 26 heavy (non-hydrogen) atoms. The Bertz CT molecular complexity index is 1140. The van der Waals surface area contributed by atoms with Gasteiger partial charge in [0.1, 0.15) is 11.2 Å². The van der Waals surface area contributed by atoms with Crippen molar-refractivity contribution in [3.63, 3.8) is 0 Å². The van der Waals surface area contributed by atoms with E-state index in [-0.39, 0.29) is 5.91 Å². The van der Waals surface area contributed by atoms with E-state index >= 15 is 0 Å². The Labute approximate surface area is 149 Å². The number of imidazole rings is 2. The zero-order valence-corrected chi connectivity index (χ0v) is 14.4. The number of rotatable bonds is 4. The summed E-state index contributed by atoms with van der Waals surface area (Å²) in [4.78, 5) is 25.8. The molecule has 7 nitrogen and oxygen atoms in total. The SMILES string of the molecule is Cc1cccn2c(CNC(=O)c3cnc4c(c3)ncn4C3CC3)cnc12. The second kappa shape index (κ2) is 5.66. The van der Waals surface area contributed by atoms with Crippen molar-refractivity contribution in [1.29, 1.82) is 0 Å². The van der Waals surface area contributed by atoms with Crippen molar-refractivity contribution in [1.82, 2.24) is 29.2 Å². The van der Waals surface area contributed by atoms with Crippen molar-refractivity contribution in [2.24, 2.45) is 0 Å². The molecule has 0 bridgehead atoms. The lowest BCUT2D eigenvalue weighted by molar-refractivity contribution is 0.0950. The number of carbonyl (C=O) groups is 1. The second-order valence-electron chi connectivity index (χ2n) is 6.77. The van der Waals surface area contributed by atoms with Crippen LogP contribution in [-0.2, 0) is 6.54 Å².